The third kappa shape index (κ3) is 6.77. The maximum absolute atomic E-state index is 12.3. The van der Waals surface area contributed by atoms with Crippen LogP contribution in [0.1, 0.15) is 59.7 Å². The molecule has 2 rings (SSSR count). The second-order valence-electron chi connectivity index (χ2n) is 6.20. The molecule has 0 aliphatic heterocycles. The quantitative estimate of drug-likeness (QED) is 0.333. The molecule has 0 saturated carbocycles. The smallest absolute Gasteiger partial charge is 0.343 e. The lowest BCUT2D eigenvalue weighted by Crippen LogP contribution is -2.11. The van der Waals surface area contributed by atoms with Gasteiger partial charge in [-0.3, -0.25) is 0 Å². The third-order valence-electron chi connectivity index (χ3n) is 4.09. The maximum Gasteiger partial charge on any atom is 0.343 e. The van der Waals surface area contributed by atoms with E-state index in [2.05, 4.69) is 6.92 Å². The minimum Gasteiger partial charge on any atom is -0.497 e. The molecule has 0 heterocycles. The van der Waals surface area contributed by atoms with E-state index in [1.54, 1.807) is 49.6 Å². The Hall–Kier alpha value is -2.82. The largest absolute Gasteiger partial charge is 0.497 e. The second kappa shape index (κ2) is 11.0. The highest BCUT2D eigenvalue weighted by Gasteiger charge is 2.13. The zero-order valence-electron chi connectivity index (χ0n) is 15.9. The van der Waals surface area contributed by atoms with Crippen LogP contribution in [0, 0.1) is 0 Å². The summed E-state index contributed by atoms with van der Waals surface area (Å²) in [5, 5.41) is 0. The SMILES string of the molecule is CCCCCCCOC(=O)c1cccc(C(=O)Oc2ccc(OC)cc2)c1. The van der Waals surface area contributed by atoms with Gasteiger partial charge in [0.25, 0.3) is 0 Å². The molecular formula is C22H26O5. The average molecular weight is 370 g/mol. The Balaban J connectivity index is 1.89. The number of esters is 2. The minimum absolute atomic E-state index is 0.295. The number of carbonyl (C=O) groups is 2. The highest BCUT2D eigenvalue weighted by Crippen LogP contribution is 2.18. The summed E-state index contributed by atoms with van der Waals surface area (Å²) in [5.74, 6) is 0.120. The molecule has 0 spiro atoms. The van der Waals surface area contributed by atoms with Gasteiger partial charge in [0.2, 0.25) is 0 Å². The van der Waals surface area contributed by atoms with Gasteiger partial charge in [0.1, 0.15) is 11.5 Å². The highest BCUT2D eigenvalue weighted by atomic mass is 16.5. The summed E-state index contributed by atoms with van der Waals surface area (Å²) in [6, 6.07) is 13.1. The lowest BCUT2D eigenvalue weighted by Gasteiger charge is -2.08. The first kappa shape index (κ1) is 20.5. The summed E-state index contributed by atoms with van der Waals surface area (Å²) in [6.07, 6.45) is 5.44. The monoisotopic (exact) mass is 370 g/mol. The fourth-order valence-corrected chi connectivity index (χ4v) is 2.54. The van der Waals surface area contributed by atoms with Gasteiger partial charge in [-0.1, -0.05) is 38.7 Å². The van der Waals surface area contributed by atoms with Crippen molar-refractivity contribution >= 4 is 11.9 Å². The van der Waals surface area contributed by atoms with Crippen molar-refractivity contribution in [2.24, 2.45) is 0 Å². The zero-order valence-corrected chi connectivity index (χ0v) is 15.9. The predicted octanol–water partition coefficient (Wildman–Crippen LogP) is 5.04. The van der Waals surface area contributed by atoms with Crippen LogP contribution in [-0.2, 0) is 4.74 Å². The molecule has 0 aliphatic rings. The van der Waals surface area contributed by atoms with Crippen LogP contribution in [0.2, 0.25) is 0 Å². The maximum atomic E-state index is 12.3. The van der Waals surface area contributed by atoms with Gasteiger partial charge >= 0.3 is 11.9 Å². The van der Waals surface area contributed by atoms with Crippen LogP contribution < -0.4 is 9.47 Å². The molecule has 144 valence electrons. The van der Waals surface area contributed by atoms with Crippen molar-refractivity contribution in [1.29, 1.82) is 0 Å². The van der Waals surface area contributed by atoms with Crippen molar-refractivity contribution in [3.8, 4) is 11.5 Å². The number of methoxy groups -OCH3 is 1. The number of hydrogen-bond donors (Lipinski definition) is 0. The Bertz CT molecular complexity index is 737. The van der Waals surface area contributed by atoms with E-state index >= 15 is 0 Å². The summed E-state index contributed by atoms with van der Waals surface area (Å²) in [7, 11) is 1.57. The van der Waals surface area contributed by atoms with Gasteiger partial charge in [-0.2, -0.15) is 0 Å². The Morgan fingerprint density at radius 3 is 2.11 bits per heavy atom. The summed E-state index contributed by atoms with van der Waals surface area (Å²) in [6.45, 7) is 2.55. The van der Waals surface area contributed by atoms with Crippen LogP contribution in [0.15, 0.2) is 48.5 Å². The Morgan fingerprint density at radius 2 is 1.44 bits per heavy atom. The molecule has 0 aliphatic carbocycles. The molecule has 27 heavy (non-hydrogen) atoms. The van der Waals surface area contributed by atoms with E-state index in [1.165, 1.54) is 18.9 Å². The van der Waals surface area contributed by atoms with Crippen LogP contribution in [0.3, 0.4) is 0 Å². The topological polar surface area (TPSA) is 61.8 Å². The van der Waals surface area contributed by atoms with Crippen molar-refractivity contribution in [3.05, 3.63) is 59.7 Å². The number of unbranched alkanes of at least 4 members (excludes halogenated alkanes) is 4. The molecule has 0 bridgehead atoms. The van der Waals surface area contributed by atoms with E-state index in [-0.39, 0.29) is 0 Å². The molecule has 0 fully saturated rings. The fraction of sp³-hybridized carbons (Fsp3) is 0.364. The van der Waals surface area contributed by atoms with Crippen LogP contribution in [0.25, 0.3) is 0 Å². The molecule has 0 unspecified atom stereocenters. The van der Waals surface area contributed by atoms with Crippen molar-refractivity contribution in [1.82, 2.24) is 0 Å². The van der Waals surface area contributed by atoms with Crippen molar-refractivity contribution in [2.45, 2.75) is 39.0 Å². The lowest BCUT2D eigenvalue weighted by atomic mass is 10.1. The molecular weight excluding hydrogens is 344 g/mol. The van der Waals surface area contributed by atoms with Crippen LogP contribution in [0.4, 0.5) is 0 Å². The van der Waals surface area contributed by atoms with E-state index in [4.69, 9.17) is 14.2 Å². The predicted molar refractivity (Wildman–Crippen MR) is 103 cm³/mol. The van der Waals surface area contributed by atoms with E-state index in [9.17, 15) is 9.59 Å². The van der Waals surface area contributed by atoms with Gasteiger partial charge in [-0.25, -0.2) is 9.59 Å². The summed E-state index contributed by atoms with van der Waals surface area (Å²) < 4.78 is 15.7. The molecule has 0 amide bonds. The van der Waals surface area contributed by atoms with Crippen molar-refractivity contribution < 1.29 is 23.8 Å². The van der Waals surface area contributed by atoms with Crippen LogP contribution >= 0.6 is 0 Å². The molecule has 0 N–H and O–H groups in total. The molecule has 2 aromatic carbocycles. The van der Waals surface area contributed by atoms with Gasteiger partial charge in [-0.05, 0) is 48.9 Å². The number of ether oxygens (including phenoxy) is 3. The first-order chi connectivity index (χ1) is 13.1. The van der Waals surface area contributed by atoms with Crippen molar-refractivity contribution in [3.63, 3.8) is 0 Å². The van der Waals surface area contributed by atoms with E-state index in [0.29, 0.717) is 29.2 Å². The third-order valence-corrected chi connectivity index (χ3v) is 4.09. The van der Waals surface area contributed by atoms with E-state index in [0.717, 1.165) is 19.3 Å². The minimum atomic E-state index is -0.533. The Kier molecular flexibility index (Phi) is 8.36. The van der Waals surface area contributed by atoms with Crippen LogP contribution in [0.5, 0.6) is 11.5 Å². The Morgan fingerprint density at radius 1 is 0.815 bits per heavy atom. The lowest BCUT2D eigenvalue weighted by molar-refractivity contribution is 0.0497. The molecule has 2 aromatic rings. The molecule has 0 atom stereocenters. The van der Waals surface area contributed by atoms with Gasteiger partial charge in [0.05, 0.1) is 24.8 Å². The summed E-state index contributed by atoms with van der Waals surface area (Å²) in [4.78, 5) is 24.4. The molecule has 5 nitrogen and oxygen atoms in total. The van der Waals surface area contributed by atoms with E-state index in [1.807, 2.05) is 0 Å². The standard InChI is InChI=1S/C22H26O5/c1-3-4-5-6-7-15-26-21(23)17-9-8-10-18(16-17)22(24)27-20-13-11-19(25-2)12-14-20/h8-14,16H,3-7,15H2,1-2H3. The number of rotatable bonds is 10. The summed E-state index contributed by atoms with van der Waals surface area (Å²) >= 11 is 0. The van der Waals surface area contributed by atoms with Crippen LogP contribution in [-0.4, -0.2) is 25.7 Å². The van der Waals surface area contributed by atoms with Gasteiger partial charge < -0.3 is 14.2 Å². The zero-order chi connectivity index (χ0) is 19.5. The average Bonchev–Trinajstić information content (AvgIpc) is 2.71. The number of benzene rings is 2. The first-order valence-electron chi connectivity index (χ1n) is 9.27. The van der Waals surface area contributed by atoms with Crippen molar-refractivity contribution in [2.75, 3.05) is 13.7 Å². The highest BCUT2D eigenvalue weighted by molar-refractivity contribution is 5.96. The summed E-state index contributed by atoms with van der Waals surface area (Å²) in [5.41, 5.74) is 0.635. The first-order valence-corrected chi connectivity index (χ1v) is 9.27. The number of carbonyl (C=O) groups excluding carboxylic acids is 2. The molecule has 0 saturated heterocycles. The van der Waals surface area contributed by atoms with E-state index < -0.39 is 11.9 Å². The van der Waals surface area contributed by atoms with Gasteiger partial charge in [-0.15, -0.1) is 0 Å². The normalized spacial score (nSPS) is 10.3. The molecule has 0 aromatic heterocycles. The van der Waals surface area contributed by atoms with Gasteiger partial charge in [0, 0.05) is 0 Å². The Labute approximate surface area is 160 Å². The fourth-order valence-electron chi connectivity index (χ4n) is 2.54. The van der Waals surface area contributed by atoms with Gasteiger partial charge in [0.15, 0.2) is 0 Å². The molecule has 0 radical (unpaired) electrons. The molecule has 5 heteroatoms. The number of hydrogen-bond acceptors (Lipinski definition) is 5. The second-order valence-corrected chi connectivity index (χ2v) is 6.20.